The van der Waals surface area contributed by atoms with Gasteiger partial charge in [0.05, 0.1) is 6.54 Å². The van der Waals surface area contributed by atoms with E-state index in [4.69, 9.17) is 4.74 Å². The number of hydrogen-bond acceptors (Lipinski definition) is 3. The molecule has 0 aliphatic carbocycles. The van der Waals surface area contributed by atoms with Gasteiger partial charge in [0, 0.05) is 5.56 Å². The SMILES string of the molecule is Cc1ccc(C2=NCCO2)cc1O. The molecule has 3 nitrogen and oxygen atoms in total. The predicted octanol–water partition coefficient (Wildman–Crippen LogP) is 1.48. The van der Waals surface area contributed by atoms with Crippen molar-refractivity contribution < 1.29 is 9.84 Å². The van der Waals surface area contributed by atoms with Crippen molar-refractivity contribution in [3.8, 4) is 5.75 Å². The molecule has 1 aromatic carbocycles. The van der Waals surface area contributed by atoms with Gasteiger partial charge in [0.15, 0.2) is 0 Å². The summed E-state index contributed by atoms with van der Waals surface area (Å²) in [6.07, 6.45) is 0. The van der Waals surface area contributed by atoms with Crippen molar-refractivity contribution in [2.24, 2.45) is 4.99 Å². The fourth-order valence-electron chi connectivity index (χ4n) is 1.25. The highest BCUT2D eigenvalue weighted by molar-refractivity contribution is 5.95. The normalized spacial score (nSPS) is 15.3. The van der Waals surface area contributed by atoms with Gasteiger partial charge < -0.3 is 9.84 Å². The number of ether oxygens (including phenoxy) is 1. The summed E-state index contributed by atoms with van der Waals surface area (Å²) in [5.74, 6) is 0.922. The van der Waals surface area contributed by atoms with Crippen LogP contribution in [0.5, 0.6) is 5.75 Å². The molecule has 0 amide bonds. The molecule has 0 fully saturated rings. The van der Waals surface area contributed by atoms with Crippen LogP contribution < -0.4 is 0 Å². The Bertz CT molecular complexity index is 358. The molecule has 68 valence electrons. The van der Waals surface area contributed by atoms with Crippen molar-refractivity contribution in [2.75, 3.05) is 13.2 Å². The standard InChI is InChI=1S/C10H11NO2/c1-7-2-3-8(6-9(7)12)10-11-4-5-13-10/h2-3,6,12H,4-5H2,1H3. The molecule has 0 aromatic heterocycles. The Morgan fingerprint density at radius 1 is 1.46 bits per heavy atom. The van der Waals surface area contributed by atoms with Gasteiger partial charge in [0.2, 0.25) is 5.90 Å². The van der Waals surface area contributed by atoms with Gasteiger partial charge in [0.25, 0.3) is 0 Å². The summed E-state index contributed by atoms with van der Waals surface area (Å²) in [6.45, 7) is 3.21. The topological polar surface area (TPSA) is 41.8 Å². The summed E-state index contributed by atoms with van der Waals surface area (Å²) in [5.41, 5.74) is 1.71. The molecule has 1 aromatic rings. The zero-order valence-corrected chi connectivity index (χ0v) is 7.45. The quantitative estimate of drug-likeness (QED) is 0.705. The molecule has 3 heteroatoms. The van der Waals surface area contributed by atoms with E-state index in [2.05, 4.69) is 4.99 Å². The summed E-state index contributed by atoms with van der Waals surface area (Å²) in [6, 6.07) is 5.44. The molecule has 0 saturated carbocycles. The van der Waals surface area contributed by atoms with Crippen LogP contribution in [0.4, 0.5) is 0 Å². The Kier molecular flexibility index (Phi) is 1.93. The first-order chi connectivity index (χ1) is 6.27. The maximum atomic E-state index is 9.45. The molecule has 1 aliphatic rings. The van der Waals surface area contributed by atoms with Crippen LogP contribution in [-0.2, 0) is 4.74 Å². The maximum absolute atomic E-state index is 9.45. The van der Waals surface area contributed by atoms with E-state index in [0.717, 1.165) is 11.1 Å². The zero-order chi connectivity index (χ0) is 9.26. The van der Waals surface area contributed by atoms with Crippen molar-refractivity contribution in [1.29, 1.82) is 0 Å². The first-order valence-electron chi connectivity index (χ1n) is 4.24. The number of aliphatic imine (C=N–C) groups is 1. The van der Waals surface area contributed by atoms with Crippen molar-refractivity contribution in [3.05, 3.63) is 29.3 Å². The van der Waals surface area contributed by atoms with Gasteiger partial charge in [-0.2, -0.15) is 0 Å². The van der Waals surface area contributed by atoms with Gasteiger partial charge >= 0.3 is 0 Å². The summed E-state index contributed by atoms with van der Waals surface area (Å²) < 4.78 is 5.27. The number of aromatic hydroxyl groups is 1. The Morgan fingerprint density at radius 2 is 2.31 bits per heavy atom. The van der Waals surface area contributed by atoms with Crippen molar-refractivity contribution >= 4 is 5.90 Å². The minimum absolute atomic E-state index is 0.288. The number of aryl methyl sites for hydroxylation is 1. The van der Waals surface area contributed by atoms with Gasteiger partial charge in [-0.25, -0.2) is 4.99 Å². The van der Waals surface area contributed by atoms with Crippen molar-refractivity contribution in [3.63, 3.8) is 0 Å². The third-order valence-electron chi connectivity index (χ3n) is 2.04. The first-order valence-corrected chi connectivity index (χ1v) is 4.24. The van der Waals surface area contributed by atoms with Gasteiger partial charge in [-0.15, -0.1) is 0 Å². The fraction of sp³-hybridized carbons (Fsp3) is 0.300. The highest BCUT2D eigenvalue weighted by Crippen LogP contribution is 2.19. The van der Waals surface area contributed by atoms with Crippen LogP contribution in [0, 0.1) is 6.92 Å². The number of phenols is 1. The third kappa shape index (κ3) is 1.49. The molecule has 1 aliphatic heterocycles. The lowest BCUT2D eigenvalue weighted by atomic mass is 10.1. The van der Waals surface area contributed by atoms with Gasteiger partial charge in [-0.1, -0.05) is 6.07 Å². The Balaban J connectivity index is 2.36. The van der Waals surface area contributed by atoms with E-state index < -0.39 is 0 Å². The maximum Gasteiger partial charge on any atom is 0.216 e. The smallest absolute Gasteiger partial charge is 0.216 e. The second kappa shape index (κ2) is 3.09. The molecule has 0 unspecified atom stereocenters. The van der Waals surface area contributed by atoms with E-state index in [1.807, 2.05) is 19.1 Å². The molecule has 0 atom stereocenters. The molecular formula is C10H11NO2. The Morgan fingerprint density at radius 3 is 2.92 bits per heavy atom. The molecule has 1 heterocycles. The van der Waals surface area contributed by atoms with Crippen LogP contribution in [0.3, 0.4) is 0 Å². The molecule has 0 radical (unpaired) electrons. The number of rotatable bonds is 1. The van der Waals surface area contributed by atoms with Gasteiger partial charge in [-0.05, 0) is 24.6 Å². The molecule has 0 saturated heterocycles. The lowest BCUT2D eigenvalue weighted by molar-refractivity contribution is 0.348. The van der Waals surface area contributed by atoms with Crippen LogP contribution in [0.1, 0.15) is 11.1 Å². The van der Waals surface area contributed by atoms with E-state index in [-0.39, 0.29) is 5.75 Å². The average Bonchev–Trinajstić information content (AvgIpc) is 2.62. The van der Waals surface area contributed by atoms with Crippen LogP contribution in [-0.4, -0.2) is 24.2 Å². The third-order valence-corrected chi connectivity index (χ3v) is 2.04. The van der Waals surface area contributed by atoms with E-state index in [0.29, 0.717) is 19.0 Å². The zero-order valence-electron chi connectivity index (χ0n) is 7.45. The summed E-state index contributed by atoms with van der Waals surface area (Å²) >= 11 is 0. The number of benzene rings is 1. The lowest BCUT2D eigenvalue weighted by Gasteiger charge is -2.03. The van der Waals surface area contributed by atoms with Crippen LogP contribution >= 0.6 is 0 Å². The van der Waals surface area contributed by atoms with E-state index in [1.165, 1.54) is 0 Å². The molecule has 0 spiro atoms. The molecule has 2 rings (SSSR count). The molecule has 1 N–H and O–H groups in total. The minimum Gasteiger partial charge on any atom is -0.508 e. The Labute approximate surface area is 76.7 Å². The van der Waals surface area contributed by atoms with E-state index >= 15 is 0 Å². The average molecular weight is 177 g/mol. The fourth-order valence-corrected chi connectivity index (χ4v) is 1.25. The first kappa shape index (κ1) is 8.10. The second-order valence-electron chi connectivity index (χ2n) is 3.04. The van der Waals surface area contributed by atoms with Crippen molar-refractivity contribution in [1.82, 2.24) is 0 Å². The highest BCUT2D eigenvalue weighted by Gasteiger charge is 2.10. The Hall–Kier alpha value is -1.51. The predicted molar refractivity (Wildman–Crippen MR) is 50.2 cm³/mol. The van der Waals surface area contributed by atoms with Gasteiger partial charge in [0.1, 0.15) is 12.4 Å². The molecule has 13 heavy (non-hydrogen) atoms. The van der Waals surface area contributed by atoms with Crippen LogP contribution in [0.25, 0.3) is 0 Å². The van der Waals surface area contributed by atoms with Gasteiger partial charge in [-0.3, -0.25) is 0 Å². The minimum atomic E-state index is 0.288. The monoisotopic (exact) mass is 177 g/mol. The lowest BCUT2D eigenvalue weighted by Crippen LogP contribution is -2.00. The summed E-state index contributed by atoms with van der Waals surface area (Å²) in [5, 5.41) is 9.45. The second-order valence-corrected chi connectivity index (χ2v) is 3.04. The summed E-state index contributed by atoms with van der Waals surface area (Å²) in [7, 11) is 0. The largest absolute Gasteiger partial charge is 0.508 e. The number of nitrogens with zero attached hydrogens (tertiary/aromatic N) is 1. The van der Waals surface area contributed by atoms with Crippen LogP contribution in [0.15, 0.2) is 23.2 Å². The highest BCUT2D eigenvalue weighted by atomic mass is 16.5. The molecule has 0 bridgehead atoms. The van der Waals surface area contributed by atoms with E-state index in [9.17, 15) is 5.11 Å². The van der Waals surface area contributed by atoms with E-state index in [1.54, 1.807) is 6.07 Å². The van der Waals surface area contributed by atoms with Crippen molar-refractivity contribution in [2.45, 2.75) is 6.92 Å². The number of phenolic OH excluding ortho intramolecular Hbond substituents is 1. The summed E-state index contributed by atoms with van der Waals surface area (Å²) in [4.78, 5) is 4.16. The van der Waals surface area contributed by atoms with Crippen LogP contribution in [0.2, 0.25) is 0 Å². The molecular weight excluding hydrogens is 166 g/mol. The number of hydrogen-bond donors (Lipinski definition) is 1.